The molecule has 0 heterocycles. The topological polar surface area (TPSA) is 57.5 Å². The van der Waals surface area contributed by atoms with Crippen LogP contribution in [0.15, 0.2) is 24.3 Å². The van der Waals surface area contributed by atoms with Crippen molar-refractivity contribution in [1.82, 2.24) is 0 Å². The van der Waals surface area contributed by atoms with Gasteiger partial charge in [-0.05, 0) is 30.5 Å². The minimum Gasteiger partial charge on any atom is -0.481 e. The van der Waals surface area contributed by atoms with Crippen LogP contribution in [0.2, 0.25) is 0 Å². The van der Waals surface area contributed by atoms with Crippen LogP contribution in [-0.4, -0.2) is 22.8 Å². The van der Waals surface area contributed by atoms with Crippen LogP contribution in [0.25, 0.3) is 0 Å². The lowest BCUT2D eigenvalue weighted by molar-refractivity contribution is -0.139. The lowest BCUT2D eigenvalue weighted by Crippen LogP contribution is -2.11. The van der Waals surface area contributed by atoms with E-state index in [1.807, 2.05) is 0 Å². The SMILES string of the molecule is O=C(O)C(CCCCCO)c1ccc(F)cc1. The fourth-order valence-electron chi connectivity index (χ4n) is 1.76. The predicted octanol–water partition coefficient (Wildman–Crippen LogP) is 2.55. The molecular weight excluding hydrogens is 223 g/mol. The van der Waals surface area contributed by atoms with E-state index >= 15 is 0 Å². The third-order valence-electron chi connectivity index (χ3n) is 2.72. The quantitative estimate of drug-likeness (QED) is 0.720. The largest absolute Gasteiger partial charge is 0.481 e. The molecule has 0 saturated carbocycles. The molecule has 0 radical (unpaired) electrons. The maximum absolute atomic E-state index is 12.7. The Morgan fingerprint density at radius 1 is 1.18 bits per heavy atom. The second-order valence-electron chi connectivity index (χ2n) is 4.02. The molecule has 2 N–H and O–H groups in total. The number of aliphatic hydroxyl groups excluding tert-OH is 1. The zero-order valence-electron chi connectivity index (χ0n) is 9.60. The molecule has 17 heavy (non-hydrogen) atoms. The summed E-state index contributed by atoms with van der Waals surface area (Å²) in [5.41, 5.74) is 0.628. The molecule has 1 aromatic carbocycles. The highest BCUT2D eigenvalue weighted by atomic mass is 19.1. The summed E-state index contributed by atoms with van der Waals surface area (Å²) in [4.78, 5) is 11.1. The van der Waals surface area contributed by atoms with E-state index in [2.05, 4.69) is 0 Å². The van der Waals surface area contributed by atoms with Gasteiger partial charge >= 0.3 is 5.97 Å². The van der Waals surface area contributed by atoms with E-state index in [9.17, 15) is 9.18 Å². The highest BCUT2D eigenvalue weighted by Crippen LogP contribution is 2.23. The maximum atomic E-state index is 12.7. The first-order chi connectivity index (χ1) is 8.15. The monoisotopic (exact) mass is 240 g/mol. The Balaban J connectivity index is 2.59. The van der Waals surface area contributed by atoms with Gasteiger partial charge in [0, 0.05) is 6.61 Å². The third-order valence-corrected chi connectivity index (χ3v) is 2.72. The van der Waals surface area contributed by atoms with Gasteiger partial charge in [0.05, 0.1) is 5.92 Å². The lowest BCUT2D eigenvalue weighted by atomic mass is 9.93. The fraction of sp³-hybridized carbons (Fsp3) is 0.462. The zero-order valence-corrected chi connectivity index (χ0v) is 9.60. The number of carboxylic acid groups (broad SMARTS) is 1. The summed E-state index contributed by atoms with van der Waals surface area (Å²) in [7, 11) is 0. The molecular formula is C13H17FO3. The number of halogens is 1. The van der Waals surface area contributed by atoms with Gasteiger partial charge < -0.3 is 10.2 Å². The van der Waals surface area contributed by atoms with Gasteiger partial charge in [0.25, 0.3) is 0 Å². The molecule has 0 spiro atoms. The molecule has 1 unspecified atom stereocenters. The number of aliphatic hydroxyl groups is 1. The molecule has 3 nitrogen and oxygen atoms in total. The first-order valence-electron chi connectivity index (χ1n) is 5.74. The van der Waals surface area contributed by atoms with E-state index in [-0.39, 0.29) is 12.4 Å². The number of benzene rings is 1. The van der Waals surface area contributed by atoms with Crippen molar-refractivity contribution in [2.75, 3.05) is 6.61 Å². The van der Waals surface area contributed by atoms with E-state index in [1.165, 1.54) is 24.3 Å². The highest BCUT2D eigenvalue weighted by molar-refractivity contribution is 5.75. The van der Waals surface area contributed by atoms with E-state index < -0.39 is 11.9 Å². The zero-order chi connectivity index (χ0) is 12.7. The molecule has 1 aromatic rings. The van der Waals surface area contributed by atoms with Crippen molar-refractivity contribution in [2.24, 2.45) is 0 Å². The second-order valence-corrected chi connectivity index (χ2v) is 4.02. The minimum atomic E-state index is -0.888. The van der Waals surface area contributed by atoms with Gasteiger partial charge in [-0.25, -0.2) is 4.39 Å². The first-order valence-corrected chi connectivity index (χ1v) is 5.74. The maximum Gasteiger partial charge on any atom is 0.310 e. The van der Waals surface area contributed by atoms with Gasteiger partial charge in [-0.1, -0.05) is 25.0 Å². The molecule has 0 bridgehead atoms. The smallest absolute Gasteiger partial charge is 0.310 e. The van der Waals surface area contributed by atoms with Crippen molar-refractivity contribution in [3.05, 3.63) is 35.6 Å². The van der Waals surface area contributed by atoms with Crippen LogP contribution < -0.4 is 0 Å². The van der Waals surface area contributed by atoms with Crippen molar-refractivity contribution >= 4 is 5.97 Å². The number of carboxylic acids is 1. The van der Waals surface area contributed by atoms with Crippen LogP contribution >= 0.6 is 0 Å². The Morgan fingerprint density at radius 2 is 1.82 bits per heavy atom. The number of unbranched alkanes of at least 4 members (excludes halogenated alkanes) is 2. The molecule has 0 aliphatic heterocycles. The summed E-state index contributed by atoms with van der Waals surface area (Å²) < 4.78 is 12.7. The lowest BCUT2D eigenvalue weighted by Gasteiger charge is -2.12. The second kappa shape index (κ2) is 7.01. The summed E-state index contributed by atoms with van der Waals surface area (Å²) in [6.45, 7) is 0.133. The Kier molecular flexibility index (Phi) is 5.63. The van der Waals surface area contributed by atoms with Crippen molar-refractivity contribution < 1.29 is 19.4 Å². The van der Waals surface area contributed by atoms with Crippen LogP contribution in [0, 0.1) is 5.82 Å². The Bertz CT molecular complexity index is 348. The highest BCUT2D eigenvalue weighted by Gasteiger charge is 2.18. The summed E-state index contributed by atoms with van der Waals surface area (Å²) in [6, 6.07) is 5.58. The van der Waals surface area contributed by atoms with Crippen molar-refractivity contribution in [2.45, 2.75) is 31.6 Å². The molecule has 0 saturated heterocycles. The van der Waals surface area contributed by atoms with Crippen molar-refractivity contribution in [1.29, 1.82) is 0 Å². The molecule has 94 valence electrons. The van der Waals surface area contributed by atoms with Gasteiger partial charge in [-0.3, -0.25) is 4.79 Å². The van der Waals surface area contributed by atoms with Crippen LogP contribution in [0.1, 0.15) is 37.2 Å². The van der Waals surface area contributed by atoms with Crippen LogP contribution in [-0.2, 0) is 4.79 Å². The van der Waals surface area contributed by atoms with Crippen molar-refractivity contribution in [3.63, 3.8) is 0 Å². The Labute approximate surface area is 99.9 Å². The third kappa shape index (κ3) is 4.53. The van der Waals surface area contributed by atoms with Crippen LogP contribution in [0.5, 0.6) is 0 Å². The molecule has 1 rings (SSSR count). The Morgan fingerprint density at radius 3 is 2.35 bits per heavy atom. The van der Waals surface area contributed by atoms with Crippen LogP contribution in [0.4, 0.5) is 4.39 Å². The Hall–Kier alpha value is -1.42. The van der Waals surface area contributed by atoms with Gasteiger partial charge in [0.1, 0.15) is 5.82 Å². The molecule has 1 atom stereocenters. The summed E-state index contributed by atoms with van der Waals surface area (Å²) >= 11 is 0. The van der Waals surface area contributed by atoms with Crippen LogP contribution in [0.3, 0.4) is 0 Å². The number of hydrogen-bond donors (Lipinski definition) is 2. The van der Waals surface area contributed by atoms with Gasteiger partial charge in [-0.15, -0.1) is 0 Å². The molecule has 0 aromatic heterocycles. The van der Waals surface area contributed by atoms with E-state index in [0.29, 0.717) is 18.4 Å². The molecule has 0 aliphatic carbocycles. The standard InChI is InChI=1S/C13H17FO3/c14-11-7-5-10(6-8-11)12(13(16)17)4-2-1-3-9-15/h5-8,12,15H,1-4,9H2,(H,16,17). The average Bonchev–Trinajstić information content (AvgIpc) is 2.30. The molecule has 0 amide bonds. The number of hydrogen-bond acceptors (Lipinski definition) is 2. The normalized spacial score (nSPS) is 12.4. The number of aliphatic carboxylic acids is 1. The average molecular weight is 240 g/mol. The van der Waals surface area contributed by atoms with E-state index in [0.717, 1.165) is 12.8 Å². The number of rotatable bonds is 7. The predicted molar refractivity (Wildman–Crippen MR) is 62.3 cm³/mol. The van der Waals surface area contributed by atoms with Gasteiger partial charge in [0.15, 0.2) is 0 Å². The molecule has 0 aliphatic rings. The minimum absolute atomic E-state index is 0.133. The van der Waals surface area contributed by atoms with E-state index in [1.54, 1.807) is 0 Å². The van der Waals surface area contributed by atoms with E-state index in [4.69, 9.17) is 10.2 Å². The van der Waals surface area contributed by atoms with Crippen molar-refractivity contribution in [3.8, 4) is 0 Å². The van der Waals surface area contributed by atoms with Gasteiger partial charge in [0.2, 0.25) is 0 Å². The van der Waals surface area contributed by atoms with Gasteiger partial charge in [-0.2, -0.15) is 0 Å². The summed E-state index contributed by atoms with van der Waals surface area (Å²) in [5, 5.41) is 17.7. The summed E-state index contributed by atoms with van der Waals surface area (Å²) in [5.74, 6) is -1.84. The summed E-state index contributed by atoms with van der Waals surface area (Å²) in [6.07, 6.45) is 2.76. The fourth-order valence-corrected chi connectivity index (χ4v) is 1.76. The first kappa shape index (κ1) is 13.6. The molecule has 0 fully saturated rings. The molecule has 4 heteroatoms. The number of carbonyl (C=O) groups is 1.